The summed E-state index contributed by atoms with van der Waals surface area (Å²) in [7, 11) is 1.75. The standard InChI is InChI=1S/C18H20ClN6O4S/c1-25(17-20-11-16(30-17)24(28)29)9-8-23(18(25)27)22-6-4-21(5-7-22)14-3-2-13(12-26)15(19)10-14/h2-3,10-12H,4-9H2,1H3/q+1. The van der Waals surface area contributed by atoms with Crippen LogP contribution in [0.3, 0.4) is 0 Å². The first-order valence-electron chi connectivity index (χ1n) is 9.36. The van der Waals surface area contributed by atoms with Crippen molar-refractivity contribution in [1.29, 1.82) is 0 Å². The van der Waals surface area contributed by atoms with Crippen LogP contribution in [0.1, 0.15) is 10.4 Å². The van der Waals surface area contributed by atoms with E-state index in [4.69, 9.17) is 11.6 Å². The number of quaternary nitrogens is 1. The molecular weight excluding hydrogens is 432 g/mol. The third kappa shape index (κ3) is 3.54. The van der Waals surface area contributed by atoms with Crippen LogP contribution < -0.4 is 9.38 Å². The molecule has 0 N–H and O–H groups in total. The number of nitro groups is 1. The molecule has 0 saturated carbocycles. The highest BCUT2D eigenvalue weighted by atomic mass is 35.5. The second-order valence-electron chi connectivity index (χ2n) is 7.32. The summed E-state index contributed by atoms with van der Waals surface area (Å²) in [6.07, 6.45) is 1.94. The van der Waals surface area contributed by atoms with Gasteiger partial charge < -0.3 is 4.90 Å². The first-order chi connectivity index (χ1) is 14.3. The normalized spacial score (nSPS) is 22.5. The van der Waals surface area contributed by atoms with Gasteiger partial charge in [-0.1, -0.05) is 11.6 Å². The number of thiazole rings is 1. The van der Waals surface area contributed by atoms with Gasteiger partial charge in [-0.2, -0.15) is 9.47 Å². The maximum Gasteiger partial charge on any atom is 0.440 e. The summed E-state index contributed by atoms with van der Waals surface area (Å²) < 4.78 is -0.0680. The molecular formula is C18H20ClN6O4S+. The Morgan fingerprint density at radius 1 is 1.27 bits per heavy atom. The van der Waals surface area contributed by atoms with Crippen LogP contribution in [-0.4, -0.2) is 78.6 Å². The monoisotopic (exact) mass is 451 g/mol. The Morgan fingerprint density at radius 2 is 2.00 bits per heavy atom. The van der Waals surface area contributed by atoms with Crippen molar-refractivity contribution in [2.75, 3.05) is 51.2 Å². The number of amides is 2. The van der Waals surface area contributed by atoms with Crippen molar-refractivity contribution in [3.8, 4) is 0 Å². The fourth-order valence-corrected chi connectivity index (χ4v) is 4.82. The Morgan fingerprint density at radius 3 is 2.60 bits per heavy atom. The van der Waals surface area contributed by atoms with Gasteiger partial charge in [-0.15, -0.1) is 0 Å². The van der Waals surface area contributed by atoms with Crippen LogP contribution in [0.4, 0.5) is 20.6 Å². The van der Waals surface area contributed by atoms with Gasteiger partial charge in [-0.05, 0) is 18.2 Å². The van der Waals surface area contributed by atoms with E-state index < -0.39 is 4.92 Å². The Kier molecular flexibility index (Phi) is 5.45. The van der Waals surface area contributed by atoms with Crippen LogP contribution in [0.5, 0.6) is 0 Å². The average molecular weight is 452 g/mol. The second kappa shape index (κ2) is 7.91. The molecule has 3 heterocycles. The number of hydrogen-bond acceptors (Lipinski definition) is 8. The Balaban J connectivity index is 1.42. The molecule has 0 spiro atoms. The summed E-state index contributed by atoms with van der Waals surface area (Å²) in [5.41, 5.74) is 1.40. The molecule has 158 valence electrons. The molecule has 10 nitrogen and oxygen atoms in total. The summed E-state index contributed by atoms with van der Waals surface area (Å²) in [5.74, 6) is 0. The first-order valence-corrected chi connectivity index (χ1v) is 10.6. The van der Waals surface area contributed by atoms with Gasteiger partial charge in [-0.3, -0.25) is 14.9 Å². The van der Waals surface area contributed by atoms with Crippen LogP contribution >= 0.6 is 22.9 Å². The zero-order valence-electron chi connectivity index (χ0n) is 16.2. The molecule has 2 fully saturated rings. The summed E-state index contributed by atoms with van der Waals surface area (Å²) in [6, 6.07) is 5.23. The van der Waals surface area contributed by atoms with Crippen LogP contribution in [0, 0.1) is 10.1 Å². The van der Waals surface area contributed by atoms with Crippen molar-refractivity contribution in [3.63, 3.8) is 0 Å². The minimum Gasteiger partial charge on any atom is -0.369 e. The molecule has 1 atom stereocenters. The van der Waals surface area contributed by atoms with Crippen molar-refractivity contribution < 1.29 is 14.5 Å². The number of hydrogen-bond donors (Lipinski definition) is 0. The quantitative estimate of drug-likeness (QED) is 0.298. The lowest BCUT2D eigenvalue weighted by molar-refractivity contribution is -0.380. The van der Waals surface area contributed by atoms with E-state index in [1.807, 2.05) is 11.1 Å². The highest BCUT2D eigenvalue weighted by Crippen LogP contribution is 2.35. The van der Waals surface area contributed by atoms with Gasteiger partial charge in [0.2, 0.25) is 0 Å². The fourth-order valence-electron chi connectivity index (χ4n) is 3.75. The zero-order valence-corrected chi connectivity index (χ0v) is 17.8. The fraction of sp³-hybridized carbons (Fsp3) is 0.389. The molecule has 4 rings (SSSR count). The number of carbonyl (C=O) groups excluding carboxylic acids is 2. The lowest BCUT2D eigenvalue weighted by Gasteiger charge is -2.39. The molecule has 0 aliphatic carbocycles. The SMILES string of the molecule is C[N+]1(c2ncc([N+](=O)[O-])s2)CCN(N2CCN(c3ccc(C=O)c(Cl)c3)CC2)C1=O. The largest absolute Gasteiger partial charge is 0.440 e. The third-order valence-electron chi connectivity index (χ3n) is 5.56. The number of halogens is 1. The van der Waals surface area contributed by atoms with E-state index in [-0.39, 0.29) is 15.5 Å². The minimum absolute atomic E-state index is 0.0662. The predicted molar refractivity (Wildman–Crippen MR) is 114 cm³/mol. The Bertz CT molecular complexity index is 1010. The molecule has 2 amide bonds. The van der Waals surface area contributed by atoms with E-state index in [2.05, 4.69) is 9.88 Å². The number of benzene rings is 1. The summed E-state index contributed by atoms with van der Waals surface area (Å²) in [5, 5.41) is 15.5. The molecule has 1 aromatic carbocycles. The molecule has 2 saturated heterocycles. The molecule has 1 aromatic heterocycles. The van der Waals surface area contributed by atoms with Gasteiger partial charge in [0.25, 0.3) is 0 Å². The number of aromatic nitrogens is 1. The van der Waals surface area contributed by atoms with E-state index in [1.165, 1.54) is 6.20 Å². The first kappa shape index (κ1) is 20.7. The van der Waals surface area contributed by atoms with Crippen LogP contribution in [0.15, 0.2) is 24.4 Å². The molecule has 1 unspecified atom stereocenters. The molecule has 2 aliphatic heterocycles. The summed E-state index contributed by atoms with van der Waals surface area (Å²) in [4.78, 5) is 40.9. The third-order valence-corrected chi connectivity index (χ3v) is 7.04. The zero-order chi connectivity index (χ0) is 21.5. The number of piperazine rings is 1. The lowest BCUT2D eigenvalue weighted by atomic mass is 10.2. The van der Waals surface area contributed by atoms with E-state index in [9.17, 15) is 19.7 Å². The van der Waals surface area contributed by atoms with Crippen molar-refractivity contribution in [2.24, 2.45) is 0 Å². The van der Waals surface area contributed by atoms with Crippen molar-refractivity contribution >= 4 is 51.1 Å². The smallest absolute Gasteiger partial charge is 0.369 e. The number of rotatable bonds is 5. The van der Waals surface area contributed by atoms with Crippen molar-refractivity contribution in [3.05, 3.63) is 45.1 Å². The maximum atomic E-state index is 13.2. The highest BCUT2D eigenvalue weighted by molar-refractivity contribution is 7.18. The number of carbonyl (C=O) groups is 2. The number of hydrazine groups is 1. The van der Waals surface area contributed by atoms with Crippen molar-refractivity contribution in [2.45, 2.75) is 0 Å². The number of urea groups is 1. The molecule has 0 bridgehead atoms. The van der Waals surface area contributed by atoms with E-state index in [1.54, 1.807) is 24.2 Å². The molecule has 30 heavy (non-hydrogen) atoms. The number of likely N-dealkylation sites (N-methyl/N-ethyl adjacent to an activating group) is 1. The molecule has 0 radical (unpaired) electrons. The van der Waals surface area contributed by atoms with E-state index >= 15 is 0 Å². The van der Waals surface area contributed by atoms with Crippen molar-refractivity contribution in [1.82, 2.24) is 19.5 Å². The topological polar surface area (TPSA) is 99.9 Å². The minimum atomic E-state index is -0.487. The van der Waals surface area contributed by atoms with E-state index in [0.29, 0.717) is 55.0 Å². The van der Waals surface area contributed by atoms with Gasteiger partial charge >= 0.3 is 16.2 Å². The summed E-state index contributed by atoms with van der Waals surface area (Å²) >= 11 is 7.08. The van der Waals surface area contributed by atoms with Crippen LogP contribution in [0.25, 0.3) is 0 Å². The molecule has 12 heteroatoms. The molecule has 2 aliphatic rings. The Hall–Kier alpha value is -2.60. The Labute approximate surface area is 181 Å². The van der Waals surface area contributed by atoms with Gasteiger partial charge in [0.05, 0.1) is 23.5 Å². The molecule has 2 aromatic rings. The van der Waals surface area contributed by atoms with E-state index in [0.717, 1.165) is 23.3 Å². The predicted octanol–water partition coefficient (Wildman–Crippen LogP) is 2.63. The van der Waals surface area contributed by atoms with Gasteiger partial charge in [0, 0.05) is 48.8 Å². The van der Waals surface area contributed by atoms with Gasteiger partial charge in [0.15, 0.2) is 6.29 Å². The lowest BCUT2D eigenvalue weighted by Crippen LogP contribution is -2.57. The maximum absolute atomic E-state index is 13.2. The highest BCUT2D eigenvalue weighted by Gasteiger charge is 2.50. The summed E-state index contributed by atoms with van der Waals surface area (Å²) in [6.45, 7) is 3.74. The number of aldehydes is 1. The van der Waals surface area contributed by atoms with Gasteiger partial charge in [-0.25, -0.2) is 14.8 Å². The van der Waals surface area contributed by atoms with Crippen LogP contribution in [0.2, 0.25) is 5.02 Å². The number of anilines is 1. The second-order valence-corrected chi connectivity index (χ2v) is 8.72. The number of nitrogens with zero attached hydrogens (tertiary/aromatic N) is 6. The average Bonchev–Trinajstić information content (AvgIpc) is 3.35. The van der Waals surface area contributed by atoms with Gasteiger partial charge in [0.1, 0.15) is 12.7 Å². The van der Waals surface area contributed by atoms with Crippen LogP contribution in [-0.2, 0) is 0 Å².